The van der Waals surface area contributed by atoms with Crippen molar-refractivity contribution in [3.8, 4) is 5.75 Å². The van der Waals surface area contributed by atoms with E-state index >= 15 is 0 Å². The van der Waals surface area contributed by atoms with Gasteiger partial charge in [0.05, 0.1) is 19.2 Å². The number of fused-ring (bicyclic) bond motifs is 1. The molecule has 2 aromatic carbocycles. The van der Waals surface area contributed by atoms with E-state index in [2.05, 4.69) is 67.7 Å². The van der Waals surface area contributed by atoms with Gasteiger partial charge >= 0.3 is 5.69 Å². The number of hydrogen-bond acceptors (Lipinski definition) is 8. The van der Waals surface area contributed by atoms with E-state index in [0.717, 1.165) is 16.5 Å². The summed E-state index contributed by atoms with van der Waals surface area (Å²) < 4.78 is 37.1. The maximum atomic E-state index is 14.4. The molecule has 0 saturated carbocycles. The summed E-state index contributed by atoms with van der Waals surface area (Å²) in [6, 6.07) is 18.2. The molecule has 0 amide bonds. The minimum absolute atomic E-state index is 0.0590. The summed E-state index contributed by atoms with van der Waals surface area (Å²) in [5.74, 6) is 0.478. The second-order valence-corrected chi connectivity index (χ2v) is 26.6. The van der Waals surface area contributed by atoms with Gasteiger partial charge in [-0.2, -0.15) is 0 Å². The van der Waals surface area contributed by atoms with Gasteiger partial charge in [-0.25, -0.2) is 4.79 Å². The van der Waals surface area contributed by atoms with Gasteiger partial charge in [0.25, 0.3) is 11.5 Å². The Bertz CT molecular complexity index is 2050. The Morgan fingerprint density at radius 1 is 0.769 bits per heavy atom. The standard InChI is InChI=1S/C39H53N3O8Si2/c1-38(2,3)51(8,9)49-32-30(31-33(47-31)35(44)40-22-20-26-14-12-13-15-28(26)40)48-36(34(32)50-52(10,11)39(4,5)6)41-23-21-29(43)42(37(41)45)24-25-16-18-27(46-7)19-17-25/h12-23,30-34,36H,24H2,1-11H3/t30-,31+,32?,33-,34?,36-/m1/s1. The van der Waals surface area contributed by atoms with Crippen LogP contribution in [-0.2, 0) is 24.9 Å². The van der Waals surface area contributed by atoms with Crippen LogP contribution in [0.4, 0.5) is 0 Å². The van der Waals surface area contributed by atoms with Crippen LogP contribution < -0.4 is 16.0 Å². The Hall–Kier alpha value is -3.60. The highest BCUT2D eigenvalue weighted by molar-refractivity contribution is 6.74. The molecule has 4 heterocycles. The van der Waals surface area contributed by atoms with Crippen molar-refractivity contribution >= 4 is 33.4 Å². The van der Waals surface area contributed by atoms with Crippen LogP contribution in [0.2, 0.25) is 36.3 Å². The lowest BCUT2D eigenvalue weighted by Gasteiger charge is -2.44. The number of rotatable bonds is 10. The van der Waals surface area contributed by atoms with Gasteiger partial charge in [-0.1, -0.05) is 71.9 Å². The smallest absolute Gasteiger partial charge is 0.333 e. The summed E-state index contributed by atoms with van der Waals surface area (Å²) in [5.41, 5.74) is 0.594. The zero-order valence-corrected chi connectivity index (χ0v) is 34.2. The number of nitrogens with zero attached hydrogens (tertiary/aromatic N) is 3. The molecule has 6 rings (SSSR count). The highest BCUT2D eigenvalue weighted by atomic mass is 28.4. The third-order valence-electron chi connectivity index (χ3n) is 11.5. The first-order valence-electron chi connectivity index (χ1n) is 18.0. The summed E-state index contributed by atoms with van der Waals surface area (Å²) in [4.78, 5) is 41.6. The second kappa shape index (κ2) is 13.7. The van der Waals surface area contributed by atoms with E-state index in [4.69, 9.17) is 23.1 Å². The van der Waals surface area contributed by atoms with Gasteiger partial charge in [-0.3, -0.25) is 23.3 Å². The van der Waals surface area contributed by atoms with Crippen molar-refractivity contribution in [2.24, 2.45) is 0 Å². The van der Waals surface area contributed by atoms with E-state index in [9.17, 15) is 14.4 Å². The van der Waals surface area contributed by atoms with E-state index in [1.54, 1.807) is 30.0 Å². The molecule has 0 bridgehead atoms. The van der Waals surface area contributed by atoms with E-state index < -0.39 is 64.6 Å². The minimum Gasteiger partial charge on any atom is -0.497 e. The van der Waals surface area contributed by atoms with Gasteiger partial charge in [0, 0.05) is 23.8 Å². The fraction of sp³-hybridized carbons (Fsp3) is 0.513. The lowest BCUT2D eigenvalue weighted by Crippen LogP contribution is -2.55. The lowest BCUT2D eigenvalue weighted by molar-refractivity contribution is -0.0449. The molecule has 2 saturated heterocycles. The number of carbonyl (C=O) groups is 1. The van der Waals surface area contributed by atoms with Crippen LogP contribution in [0.15, 0.2) is 82.6 Å². The summed E-state index contributed by atoms with van der Waals surface area (Å²) >= 11 is 0. The highest BCUT2D eigenvalue weighted by Gasteiger charge is 2.63. The van der Waals surface area contributed by atoms with Crippen LogP contribution >= 0.6 is 0 Å². The molecular weight excluding hydrogens is 695 g/mol. The van der Waals surface area contributed by atoms with Crippen molar-refractivity contribution in [2.75, 3.05) is 7.11 Å². The monoisotopic (exact) mass is 747 g/mol. The van der Waals surface area contributed by atoms with Crippen LogP contribution in [0, 0.1) is 0 Å². The topological polar surface area (TPSA) is 115 Å². The quantitative estimate of drug-likeness (QED) is 0.129. The molecule has 0 radical (unpaired) electrons. The summed E-state index contributed by atoms with van der Waals surface area (Å²) in [7, 11) is -3.44. The van der Waals surface area contributed by atoms with E-state index in [1.807, 2.05) is 42.5 Å². The van der Waals surface area contributed by atoms with Crippen molar-refractivity contribution in [2.45, 2.75) is 121 Å². The molecule has 52 heavy (non-hydrogen) atoms. The van der Waals surface area contributed by atoms with Crippen LogP contribution in [-0.4, -0.2) is 73.9 Å². The number of carbonyl (C=O) groups excluding carboxylic acids is 1. The van der Waals surface area contributed by atoms with E-state index in [0.29, 0.717) is 5.75 Å². The first-order valence-corrected chi connectivity index (χ1v) is 23.8. The largest absolute Gasteiger partial charge is 0.497 e. The van der Waals surface area contributed by atoms with Gasteiger partial charge in [-0.05, 0) is 66.1 Å². The van der Waals surface area contributed by atoms with Gasteiger partial charge in [0.15, 0.2) is 29.0 Å². The van der Waals surface area contributed by atoms with E-state index in [-0.39, 0.29) is 22.5 Å². The fourth-order valence-electron chi connectivity index (χ4n) is 6.22. The molecule has 280 valence electrons. The minimum atomic E-state index is -2.53. The maximum absolute atomic E-state index is 14.4. The van der Waals surface area contributed by atoms with Crippen molar-refractivity contribution in [3.63, 3.8) is 0 Å². The van der Waals surface area contributed by atoms with Crippen molar-refractivity contribution in [1.82, 2.24) is 13.7 Å². The average Bonchev–Trinajstić information content (AvgIpc) is 3.63. The predicted molar refractivity (Wildman–Crippen MR) is 206 cm³/mol. The number of benzene rings is 2. The highest BCUT2D eigenvalue weighted by Crippen LogP contribution is 2.48. The van der Waals surface area contributed by atoms with E-state index in [1.165, 1.54) is 21.4 Å². The molecule has 11 nitrogen and oxygen atoms in total. The predicted octanol–water partition coefficient (Wildman–Crippen LogP) is 6.81. The molecule has 0 aliphatic carbocycles. The Morgan fingerprint density at radius 2 is 1.38 bits per heavy atom. The Kier molecular flexibility index (Phi) is 10.0. The molecule has 2 aliphatic heterocycles. The first kappa shape index (κ1) is 38.1. The number of para-hydroxylation sites is 1. The zero-order chi connectivity index (χ0) is 38.0. The molecule has 2 fully saturated rings. The molecule has 13 heteroatoms. The second-order valence-electron chi connectivity index (χ2n) is 17.1. The van der Waals surface area contributed by atoms with Gasteiger partial charge in [0.1, 0.15) is 30.2 Å². The number of methoxy groups -OCH3 is 1. The number of aromatic nitrogens is 3. The lowest BCUT2D eigenvalue weighted by atomic mass is 10.1. The normalized spacial score (nSPS) is 24.0. The Labute approximate surface area is 307 Å². The summed E-state index contributed by atoms with van der Waals surface area (Å²) in [5, 5.41) is 0.610. The molecule has 0 N–H and O–H groups in total. The van der Waals surface area contributed by atoms with Crippen LogP contribution in [0.3, 0.4) is 0 Å². The Morgan fingerprint density at radius 3 is 2.00 bits per heavy atom. The van der Waals surface area contributed by atoms with Crippen molar-refractivity contribution in [3.05, 3.63) is 99.5 Å². The molecule has 2 unspecified atom stereocenters. The van der Waals surface area contributed by atoms with Crippen LogP contribution in [0.1, 0.15) is 58.1 Å². The number of ether oxygens (including phenoxy) is 3. The first-order chi connectivity index (χ1) is 24.2. The molecule has 4 aromatic rings. The molecule has 2 aliphatic rings. The summed E-state index contributed by atoms with van der Waals surface area (Å²) in [6.07, 6.45) is -1.28. The summed E-state index contributed by atoms with van der Waals surface area (Å²) in [6.45, 7) is 21.7. The van der Waals surface area contributed by atoms with Crippen LogP contribution in [0.5, 0.6) is 5.75 Å². The number of hydrogen-bond donors (Lipinski definition) is 0. The maximum Gasteiger partial charge on any atom is 0.333 e. The van der Waals surface area contributed by atoms with Gasteiger partial charge in [0.2, 0.25) is 0 Å². The van der Waals surface area contributed by atoms with Crippen molar-refractivity contribution in [1.29, 1.82) is 0 Å². The molecule has 2 aromatic heterocycles. The molecule has 6 atom stereocenters. The van der Waals surface area contributed by atoms with Gasteiger partial charge in [-0.15, -0.1) is 0 Å². The fourth-order valence-corrected chi connectivity index (χ4v) is 8.80. The van der Waals surface area contributed by atoms with Crippen molar-refractivity contribution < 1.29 is 27.9 Å². The number of epoxide rings is 1. The SMILES string of the molecule is COc1ccc(Cn2c(=O)ccn([C@@H]3O[C@H]([C@@H]4O[C@H]4C(=O)n4ccc5ccccc54)C(O[Si](C)(C)C(C)(C)C)C3O[Si](C)(C)C(C)(C)C)c2=O)cc1. The Balaban J connectivity index is 1.43. The van der Waals surface area contributed by atoms with Gasteiger partial charge < -0.3 is 23.1 Å². The molecular formula is C39H53N3O8Si2. The third-order valence-corrected chi connectivity index (χ3v) is 20.4. The molecule has 0 spiro atoms. The third kappa shape index (κ3) is 7.18. The van der Waals surface area contributed by atoms with Crippen LogP contribution in [0.25, 0.3) is 10.9 Å². The zero-order valence-electron chi connectivity index (χ0n) is 32.2. The average molecular weight is 748 g/mol.